The molecule has 1 aromatic carbocycles. The molecule has 1 amide bonds. The van der Waals surface area contributed by atoms with E-state index in [4.69, 9.17) is 9.84 Å². The molecule has 0 radical (unpaired) electrons. The summed E-state index contributed by atoms with van der Waals surface area (Å²) in [5, 5.41) is 11.5. The van der Waals surface area contributed by atoms with Crippen LogP contribution in [0.25, 0.3) is 0 Å². The summed E-state index contributed by atoms with van der Waals surface area (Å²) in [5.41, 5.74) is -0.0763. The van der Waals surface area contributed by atoms with Gasteiger partial charge in [-0.3, -0.25) is 4.79 Å². The SMILES string of the molecule is CC1OCCC1(C)NC(=O)c1cc(C#CCO)ccc1F. The number of hydrogen-bond donors (Lipinski definition) is 2. The average molecular weight is 291 g/mol. The third kappa shape index (κ3) is 3.41. The van der Waals surface area contributed by atoms with Gasteiger partial charge in [-0.25, -0.2) is 4.39 Å². The minimum atomic E-state index is -0.600. The van der Waals surface area contributed by atoms with Gasteiger partial charge in [-0.05, 0) is 38.5 Å². The third-order valence-electron chi connectivity index (χ3n) is 3.81. The van der Waals surface area contributed by atoms with Crippen LogP contribution < -0.4 is 5.32 Å². The molecule has 0 aliphatic carbocycles. The Morgan fingerprint density at radius 3 is 3.00 bits per heavy atom. The number of halogens is 1. The molecule has 0 aromatic heterocycles. The smallest absolute Gasteiger partial charge is 0.254 e. The lowest BCUT2D eigenvalue weighted by atomic mass is 9.94. The molecule has 2 rings (SSSR count). The Bertz CT molecular complexity index is 605. The summed E-state index contributed by atoms with van der Waals surface area (Å²) in [6.07, 6.45) is 0.563. The standard InChI is InChI=1S/C16H18FNO3/c1-11-16(2,7-9-21-11)18-15(20)13-10-12(4-3-8-19)5-6-14(13)17/h5-6,10-11,19H,7-9H2,1-2H3,(H,18,20). The molecule has 2 unspecified atom stereocenters. The van der Waals surface area contributed by atoms with Gasteiger partial charge in [-0.15, -0.1) is 0 Å². The number of nitrogens with one attached hydrogen (secondary N) is 1. The van der Waals surface area contributed by atoms with Crippen molar-refractivity contribution < 1.29 is 19.0 Å². The van der Waals surface area contributed by atoms with Crippen LogP contribution in [-0.4, -0.2) is 35.9 Å². The minimum absolute atomic E-state index is 0.0555. The van der Waals surface area contributed by atoms with Crippen LogP contribution in [0.4, 0.5) is 4.39 Å². The Morgan fingerprint density at radius 1 is 1.62 bits per heavy atom. The number of aliphatic hydroxyl groups is 1. The molecule has 0 bridgehead atoms. The predicted octanol–water partition coefficient (Wildman–Crippen LogP) is 1.47. The Balaban J connectivity index is 2.22. The zero-order chi connectivity index (χ0) is 15.5. The molecule has 1 heterocycles. The van der Waals surface area contributed by atoms with Gasteiger partial charge in [0.15, 0.2) is 0 Å². The second-order valence-corrected chi connectivity index (χ2v) is 5.29. The van der Waals surface area contributed by atoms with Crippen molar-refractivity contribution in [2.45, 2.75) is 31.9 Å². The highest BCUT2D eigenvalue weighted by Crippen LogP contribution is 2.25. The average Bonchev–Trinajstić information content (AvgIpc) is 2.77. The molecule has 4 nitrogen and oxygen atoms in total. The van der Waals surface area contributed by atoms with Gasteiger partial charge in [0.05, 0.1) is 17.2 Å². The Hall–Kier alpha value is -1.90. The topological polar surface area (TPSA) is 58.6 Å². The van der Waals surface area contributed by atoms with Gasteiger partial charge in [0, 0.05) is 12.2 Å². The minimum Gasteiger partial charge on any atom is -0.384 e. The normalized spacial score (nSPS) is 24.3. The number of hydrogen-bond acceptors (Lipinski definition) is 3. The molecular weight excluding hydrogens is 273 g/mol. The molecule has 0 saturated carbocycles. The van der Waals surface area contributed by atoms with Crippen LogP contribution in [-0.2, 0) is 4.74 Å². The quantitative estimate of drug-likeness (QED) is 0.811. The van der Waals surface area contributed by atoms with Crippen molar-refractivity contribution in [2.75, 3.05) is 13.2 Å². The van der Waals surface area contributed by atoms with Crippen molar-refractivity contribution in [1.82, 2.24) is 5.32 Å². The van der Waals surface area contributed by atoms with E-state index >= 15 is 0 Å². The Kier molecular flexibility index (Phi) is 4.61. The van der Waals surface area contributed by atoms with Crippen molar-refractivity contribution >= 4 is 5.91 Å². The molecule has 1 fully saturated rings. The summed E-state index contributed by atoms with van der Waals surface area (Å²) in [6, 6.07) is 4.06. The summed E-state index contributed by atoms with van der Waals surface area (Å²) in [6.45, 7) is 4.05. The monoisotopic (exact) mass is 291 g/mol. The first-order valence-electron chi connectivity index (χ1n) is 6.79. The van der Waals surface area contributed by atoms with Crippen molar-refractivity contribution in [3.05, 3.63) is 35.1 Å². The van der Waals surface area contributed by atoms with Crippen molar-refractivity contribution in [2.24, 2.45) is 0 Å². The Labute approximate surface area is 123 Å². The van der Waals surface area contributed by atoms with Crippen LogP contribution in [0.5, 0.6) is 0 Å². The lowest BCUT2D eigenvalue weighted by Crippen LogP contribution is -2.50. The number of ether oxygens (including phenoxy) is 1. The molecule has 0 spiro atoms. The molecule has 1 saturated heterocycles. The maximum Gasteiger partial charge on any atom is 0.254 e. The van der Waals surface area contributed by atoms with E-state index in [1.807, 2.05) is 13.8 Å². The highest BCUT2D eigenvalue weighted by molar-refractivity contribution is 5.95. The van der Waals surface area contributed by atoms with Crippen molar-refractivity contribution in [1.29, 1.82) is 0 Å². The molecule has 1 aromatic rings. The molecule has 5 heteroatoms. The van der Waals surface area contributed by atoms with Gasteiger partial charge < -0.3 is 15.2 Å². The van der Waals surface area contributed by atoms with E-state index in [1.54, 1.807) is 0 Å². The Morgan fingerprint density at radius 2 is 2.38 bits per heavy atom. The van der Waals surface area contributed by atoms with Gasteiger partial charge in [0.25, 0.3) is 5.91 Å². The lowest BCUT2D eigenvalue weighted by molar-refractivity contribution is 0.0724. The number of carbonyl (C=O) groups is 1. The van der Waals surface area contributed by atoms with E-state index in [0.29, 0.717) is 18.6 Å². The summed E-state index contributed by atoms with van der Waals surface area (Å²) in [4.78, 5) is 12.3. The zero-order valence-corrected chi connectivity index (χ0v) is 12.1. The highest BCUT2D eigenvalue weighted by atomic mass is 19.1. The van der Waals surface area contributed by atoms with E-state index in [-0.39, 0.29) is 18.3 Å². The first-order valence-corrected chi connectivity index (χ1v) is 6.79. The second kappa shape index (κ2) is 6.25. The van der Waals surface area contributed by atoms with Gasteiger partial charge in [-0.2, -0.15) is 0 Å². The summed E-state index contributed by atoms with van der Waals surface area (Å²) < 4.78 is 19.3. The maximum atomic E-state index is 13.8. The summed E-state index contributed by atoms with van der Waals surface area (Å²) >= 11 is 0. The van der Waals surface area contributed by atoms with Gasteiger partial charge >= 0.3 is 0 Å². The number of aliphatic hydroxyl groups excluding tert-OH is 1. The van der Waals surface area contributed by atoms with Crippen molar-refractivity contribution in [3.63, 3.8) is 0 Å². The maximum absolute atomic E-state index is 13.8. The fraction of sp³-hybridized carbons (Fsp3) is 0.438. The number of carbonyl (C=O) groups excluding carboxylic acids is 1. The lowest BCUT2D eigenvalue weighted by Gasteiger charge is -2.29. The highest BCUT2D eigenvalue weighted by Gasteiger charge is 2.38. The number of amides is 1. The molecule has 1 aliphatic rings. The van der Waals surface area contributed by atoms with E-state index in [0.717, 1.165) is 0 Å². The van der Waals surface area contributed by atoms with Gasteiger partial charge in [-0.1, -0.05) is 11.8 Å². The predicted molar refractivity (Wildman–Crippen MR) is 76.3 cm³/mol. The molecule has 2 N–H and O–H groups in total. The second-order valence-electron chi connectivity index (χ2n) is 5.29. The molecule has 2 atom stereocenters. The summed E-state index contributed by atoms with van der Waals surface area (Å²) in [7, 11) is 0. The van der Waals surface area contributed by atoms with E-state index in [1.165, 1.54) is 18.2 Å². The van der Waals surface area contributed by atoms with Crippen LogP contribution in [0, 0.1) is 17.7 Å². The number of benzene rings is 1. The first kappa shape index (κ1) is 15.5. The first-order chi connectivity index (χ1) is 9.96. The zero-order valence-electron chi connectivity index (χ0n) is 12.1. The fourth-order valence-electron chi connectivity index (χ4n) is 2.24. The number of rotatable bonds is 2. The van der Waals surface area contributed by atoms with Crippen LogP contribution >= 0.6 is 0 Å². The van der Waals surface area contributed by atoms with Crippen LogP contribution in [0.2, 0.25) is 0 Å². The molecule has 1 aliphatic heterocycles. The van der Waals surface area contributed by atoms with E-state index in [9.17, 15) is 9.18 Å². The molecule has 112 valence electrons. The third-order valence-corrected chi connectivity index (χ3v) is 3.81. The van der Waals surface area contributed by atoms with Crippen LogP contribution in [0.1, 0.15) is 36.2 Å². The molecule has 21 heavy (non-hydrogen) atoms. The van der Waals surface area contributed by atoms with Crippen LogP contribution in [0.3, 0.4) is 0 Å². The summed E-state index contributed by atoms with van der Waals surface area (Å²) in [5.74, 6) is 4.04. The fourth-order valence-corrected chi connectivity index (χ4v) is 2.24. The van der Waals surface area contributed by atoms with Crippen LogP contribution in [0.15, 0.2) is 18.2 Å². The van der Waals surface area contributed by atoms with E-state index in [2.05, 4.69) is 17.2 Å². The van der Waals surface area contributed by atoms with Gasteiger partial charge in [0.1, 0.15) is 12.4 Å². The molecular formula is C16H18FNO3. The van der Waals surface area contributed by atoms with E-state index < -0.39 is 17.3 Å². The van der Waals surface area contributed by atoms with Crippen molar-refractivity contribution in [3.8, 4) is 11.8 Å². The van der Waals surface area contributed by atoms with Gasteiger partial charge in [0.2, 0.25) is 0 Å². The largest absolute Gasteiger partial charge is 0.384 e.